The van der Waals surface area contributed by atoms with Gasteiger partial charge in [-0.05, 0) is 31.0 Å². The smallest absolute Gasteiger partial charge is 0.332 e. The number of halogens is 1. The van der Waals surface area contributed by atoms with E-state index in [-0.39, 0.29) is 18.3 Å². The van der Waals surface area contributed by atoms with Crippen LogP contribution >= 0.6 is 0 Å². The molecule has 1 aromatic carbocycles. The summed E-state index contributed by atoms with van der Waals surface area (Å²) in [5.74, 6) is -1.79. The van der Waals surface area contributed by atoms with E-state index in [2.05, 4.69) is 5.32 Å². The minimum Gasteiger partial charge on any atom is -0.479 e. The maximum Gasteiger partial charge on any atom is 0.332 e. The van der Waals surface area contributed by atoms with Gasteiger partial charge in [-0.3, -0.25) is 4.79 Å². The Labute approximate surface area is 110 Å². The number of aliphatic carboxylic acids is 1. The third-order valence-electron chi connectivity index (χ3n) is 2.46. The number of rotatable bonds is 7. The number of carbonyl (C=O) groups excluding carboxylic acids is 1. The van der Waals surface area contributed by atoms with Crippen LogP contribution in [0.25, 0.3) is 0 Å². The summed E-state index contributed by atoms with van der Waals surface area (Å²) in [6, 6.07) is 6.00. The molecule has 0 heterocycles. The van der Waals surface area contributed by atoms with E-state index < -0.39 is 12.1 Å². The fourth-order valence-corrected chi connectivity index (χ4v) is 1.32. The van der Waals surface area contributed by atoms with Gasteiger partial charge in [-0.1, -0.05) is 12.1 Å². The Balaban J connectivity index is 2.20. The highest BCUT2D eigenvalue weighted by molar-refractivity contribution is 5.78. The Morgan fingerprint density at radius 3 is 2.58 bits per heavy atom. The van der Waals surface area contributed by atoms with E-state index in [0.29, 0.717) is 13.0 Å². The molecule has 0 saturated heterocycles. The van der Waals surface area contributed by atoms with Crippen LogP contribution in [0.2, 0.25) is 0 Å². The lowest BCUT2D eigenvalue weighted by molar-refractivity contribution is -0.150. The fraction of sp³-hybridized carbons (Fsp3) is 0.385. The van der Waals surface area contributed by atoms with Gasteiger partial charge in [0, 0.05) is 6.54 Å². The van der Waals surface area contributed by atoms with Crippen molar-refractivity contribution in [1.82, 2.24) is 5.32 Å². The lowest BCUT2D eigenvalue weighted by Crippen LogP contribution is -2.32. The van der Waals surface area contributed by atoms with Gasteiger partial charge in [0.15, 0.2) is 6.10 Å². The third-order valence-corrected chi connectivity index (χ3v) is 2.46. The maximum absolute atomic E-state index is 12.6. The second kappa shape index (κ2) is 7.48. The number of carbonyl (C=O) groups is 2. The van der Waals surface area contributed by atoms with Crippen LogP contribution in [-0.2, 0) is 20.7 Å². The zero-order valence-electron chi connectivity index (χ0n) is 10.6. The normalized spacial score (nSPS) is 11.9. The molecule has 0 aliphatic rings. The molecule has 1 atom stereocenters. The van der Waals surface area contributed by atoms with Gasteiger partial charge in [0.25, 0.3) is 0 Å². The van der Waals surface area contributed by atoms with Crippen LogP contribution in [0.4, 0.5) is 4.39 Å². The van der Waals surface area contributed by atoms with Crippen molar-refractivity contribution in [3.8, 4) is 0 Å². The van der Waals surface area contributed by atoms with E-state index in [9.17, 15) is 14.0 Å². The molecule has 104 valence electrons. The molecular formula is C13H16FNO4. The number of hydrogen-bond acceptors (Lipinski definition) is 3. The highest BCUT2D eigenvalue weighted by Gasteiger charge is 2.12. The SMILES string of the molecule is C[C@@H](OCC(=O)NCCc1ccc(F)cc1)C(=O)O. The molecular weight excluding hydrogens is 253 g/mol. The molecule has 1 aromatic rings. The molecule has 0 bridgehead atoms. The van der Waals surface area contributed by atoms with E-state index in [1.165, 1.54) is 19.1 Å². The molecule has 0 unspecified atom stereocenters. The van der Waals surface area contributed by atoms with Gasteiger partial charge in [0.05, 0.1) is 0 Å². The zero-order valence-corrected chi connectivity index (χ0v) is 10.6. The molecule has 0 spiro atoms. The van der Waals surface area contributed by atoms with Gasteiger partial charge in [-0.25, -0.2) is 9.18 Å². The molecule has 0 fully saturated rings. The maximum atomic E-state index is 12.6. The van der Waals surface area contributed by atoms with Gasteiger partial charge in [0.2, 0.25) is 5.91 Å². The van der Waals surface area contributed by atoms with Gasteiger partial charge >= 0.3 is 5.97 Å². The van der Waals surface area contributed by atoms with Crippen LogP contribution in [0.5, 0.6) is 0 Å². The van der Waals surface area contributed by atoms with Crippen molar-refractivity contribution in [3.63, 3.8) is 0 Å². The van der Waals surface area contributed by atoms with Crippen LogP contribution in [0.1, 0.15) is 12.5 Å². The Hall–Kier alpha value is -1.95. The third kappa shape index (κ3) is 5.96. The summed E-state index contributed by atoms with van der Waals surface area (Å²) in [6.45, 7) is 1.44. The van der Waals surface area contributed by atoms with Crippen molar-refractivity contribution in [3.05, 3.63) is 35.6 Å². The van der Waals surface area contributed by atoms with E-state index in [1.54, 1.807) is 12.1 Å². The van der Waals surface area contributed by atoms with E-state index in [4.69, 9.17) is 9.84 Å². The van der Waals surface area contributed by atoms with Crippen molar-refractivity contribution >= 4 is 11.9 Å². The van der Waals surface area contributed by atoms with Crippen molar-refractivity contribution in [2.45, 2.75) is 19.4 Å². The first-order valence-corrected chi connectivity index (χ1v) is 5.84. The van der Waals surface area contributed by atoms with Crippen LogP contribution in [0.3, 0.4) is 0 Å². The minimum absolute atomic E-state index is 0.295. The van der Waals surface area contributed by atoms with Crippen LogP contribution in [0, 0.1) is 5.82 Å². The topological polar surface area (TPSA) is 75.6 Å². The second-order valence-corrected chi connectivity index (χ2v) is 4.02. The second-order valence-electron chi connectivity index (χ2n) is 4.02. The monoisotopic (exact) mass is 269 g/mol. The fourth-order valence-electron chi connectivity index (χ4n) is 1.32. The number of ether oxygens (including phenoxy) is 1. The lowest BCUT2D eigenvalue weighted by atomic mass is 10.1. The molecule has 0 aliphatic carbocycles. The Morgan fingerprint density at radius 2 is 2.00 bits per heavy atom. The molecule has 6 heteroatoms. The molecule has 19 heavy (non-hydrogen) atoms. The minimum atomic E-state index is -1.11. The van der Waals surface area contributed by atoms with Crippen molar-refractivity contribution in [1.29, 1.82) is 0 Å². The largest absolute Gasteiger partial charge is 0.479 e. The summed E-state index contributed by atoms with van der Waals surface area (Å²) >= 11 is 0. The van der Waals surface area contributed by atoms with E-state index >= 15 is 0 Å². The standard InChI is InChI=1S/C13H16FNO4/c1-9(13(17)18)19-8-12(16)15-7-6-10-2-4-11(14)5-3-10/h2-5,9H,6-8H2,1H3,(H,15,16)(H,17,18)/t9-/m1/s1. The molecule has 0 saturated carbocycles. The first-order chi connectivity index (χ1) is 8.99. The number of hydrogen-bond donors (Lipinski definition) is 2. The van der Waals surface area contributed by atoms with Crippen molar-refractivity contribution < 1.29 is 23.8 Å². The van der Waals surface area contributed by atoms with Crippen LogP contribution < -0.4 is 5.32 Å². The number of nitrogens with one attached hydrogen (secondary N) is 1. The van der Waals surface area contributed by atoms with E-state index in [0.717, 1.165) is 5.56 Å². The summed E-state index contributed by atoms with van der Waals surface area (Å²) in [6.07, 6.45) is -0.441. The highest BCUT2D eigenvalue weighted by atomic mass is 19.1. The summed E-state index contributed by atoms with van der Waals surface area (Å²) < 4.78 is 17.5. The van der Waals surface area contributed by atoms with Crippen molar-refractivity contribution in [2.24, 2.45) is 0 Å². The Bertz CT molecular complexity index is 433. The molecule has 0 radical (unpaired) electrons. The van der Waals surface area contributed by atoms with E-state index in [1.807, 2.05) is 0 Å². The van der Waals surface area contributed by atoms with Crippen LogP contribution in [-0.4, -0.2) is 36.2 Å². The Morgan fingerprint density at radius 1 is 1.37 bits per heavy atom. The first-order valence-electron chi connectivity index (χ1n) is 5.84. The number of carboxylic acid groups (broad SMARTS) is 1. The summed E-state index contributed by atoms with van der Waals surface area (Å²) in [4.78, 5) is 21.8. The lowest BCUT2D eigenvalue weighted by Gasteiger charge is -2.09. The highest BCUT2D eigenvalue weighted by Crippen LogP contribution is 2.02. The molecule has 0 aliphatic heterocycles. The average Bonchev–Trinajstić information content (AvgIpc) is 2.38. The van der Waals surface area contributed by atoms with Gasteiger partial charge < -0.3 is 15.2 Å². The predicted molar refractivity (Wildman–Crippen MR) is 66.2 cm³/mol. The molecule has 1 amide bonds. The van der Waals surface area contributed by atoms with Crippen LogP contribution in [0.15, 0.2) is 24.3 Å². The molecule has 2 N–H and O–H groups in total. The quantitative estimate of drug-likeness (QED) is 0.773. The van der Waals surface area contributed by atoms with Gasteiger partial charge in [0.1, 0.15) is 12.4 Å². The zero-order chi connectivity index (χ0) is 14.3. The number of carboxylic acids is 1. The molecule has 5 nitrogen and oxygen atoms in total. The first kappa shape index (κ1) is 15.1. The summed E-state index contributed by atoms with van der Waals surface area (Å²) in [7, 11) is 0. The Kier molecular flexibility index (Phi) is 5.95. The number of benzene rings is 1. The molecule has 1 rings (SSSR count). The van der Waals surface area contributed by atoms with Gasteiger partial charge in [-0.2, -0.15) is 0 Å². The number of amides is 1. The summed E-state index contributed by atoms with van der Waals surface area (Å²) in [5, 5.41) is 11.1. The molecule has 0 aromatic heterocycles. The van der Waals surface area contributed by atoms with Gasteiger partial charge in [-0.15, -0.1) is 0 Å². The van der Waals surface area contributed by atoms with Crippen molar-refractivity contribution in [2.75, 3.05) is 13.2 Å². The predicted octanol–water partition coefficient (Wildman–Crippen LogP) is 0.974. The average molecular weight is 269 g/mol. The summed E-state index contributed by atoms with van der Waals surface area (Å²) in [5.41, 5.74) is 0.904.